The predicted octanol–water partition coefficient (Wildman–Crippen LogP) is 0.323. The number of hydrogen-bond donors (Lipinski definition) is 3. The maximum absolute atomic E-state index is 14.2. The number of fused-ring (bicyclic) bond motifs is 1. The summed E-state index contributed by atoms with van der Waals surface area (Å²) < 4.78 is 58.8. The number of alkyl halides is 3. The number of rotatable bonds is 1. The van der Waals surface area contributed by atoms with E-state index in [1.165, 1.54) is 12.1 Å². The van der Waals surface area contributed by atoms with Gasteiger partial charge in [0.25, 0.3) is 0 Å². The van der Waals surface area contributed by atoms with Crippen LogP contribution in [0.25, 0.3) is 0 Å². The summed E-state index contributed by atoms with van der Waals surface area (Å²) in [7, 11) is 0. The van der Waals surface area contributed by atoms with E-state index in [0.29, 0.717) is 0 Å². The predicted molar refractivity (Wildman–Crippen MR) is 74.4 cm³/mol. The second kappa shape index (κ2) is 5.02. The summed E-state index contributed by atoms with van der Waals surface area (Å²) in [6.07, 6.45) is -6.50. The van der Waals surface area contributed by atoms with Gasteiger partial charge in [0.1, 0.15) is 5.82 Å². The van der Waals surface area contributed by atoms with Gasteiger partial charge in [-0.15, -0.1) is 0 Å². The number of hydrogen-bond acceptors (Lipinski definition) is 4. The molecule has 3 atom stereocenters. The van der Waals surface area contributed by atoms with Gasteiger partial charge in [0.2, 0.25) is 0 Å². The minimum absolute atomic E-state index is 0.0486. The van der Waals surface area contributed by atoms with Crippen LogP contribution in [0.15, 0.2) is 18.2 Å². The Bertz CT molecular complexity index is 636. The Balaban J connectivity index is 2.15. The lowest BCUT2D eigenvalue weighted by atomic mass is 9.78. The fourth-order valence-electron chi connectivity index (χ4n) is 3.05. The molecule has 0 saturated carbocycles. The second-order valence-electron chi connectivity index (χ2n) is 5.39. The van der Waals surface area contributed by atoms with Crippen molar-refractivity contribution in [2.75, 3.05) is 18.1 Å². The van der Waals surface area contributed by atoms with Gasteiger partial charge in [-0.3, -0.25) is 10.7 Å². The molecule has 2 aliphatic rings. The normalized spacial score (nSPS) is 31.7. The molecule has 0 aliphatic carbocycles. The van der Waals surface area contributed by atoms with E-state index < -0.39 is 29.6 Å². The van der Waals surface area contributed by atoms with Gasteiger partial charge in [0.05, 0.1) is 12.5 Å². The maximum atomic E-state index is 14.2. The van der Waals surface area contributed by atoms with Crippen molar-refractivity contribution in [3.8, 4) is 0 Å². The molecule has 0 amide bonds. The first-order chi connectivity index (χ1) is 10.2. The van der Waals surface area contributed by atoms with Gasteiger partial charge in [-0.1, -0.05) is 0 Å². The minimum Gasteiger partial charge on any atom is -0.399 e. The average molecular weight is 336 g/mol. The molecule has 1 aromatic carbocycles. The largest absolute Gasteiger partial charge is 0.415 e. The number of halogens is 4. The van der Waals surface area contributed by atoms with Crippen molar-refractivity contribution in [1.82, 2.24) is 0 Å². The van der Waals surface area contributed by atoms with Crippen LogP contribution in [0.3, 0.4) is 0 Å². The number of ether oxygens (including phenoxy) is 1. The van der Waals surface area contributed by atoms with Crippen LogP contribution in [-0.2, 0) is 10.3 Å². The summed E-state index contributed by atoms with van der Waals surface area (Å²) in [5.74, 6) is -1.56. The van der Waals surface area contributed by atoms with Crippen LogP contribution in [0.2, 0.25) is 0 Å². The topological polar surface area (TPSA) is 75.2 Å². The van der Waals surface area contributed by atoms with Crippen LogP contribution in [0, 0.1) is 11.7 Å². The first-order valence-electron chi connectivity index (χ1n) is 6.51. The van der Waals surface area contributed by atoms with Gasteiger partial charge in [-0.2, -0.15) is 13.2 Å². The summed E-state index contributed by atoms with van der Waals surface area (Å²) in [4.78, 5) is 2.82. The van der Waals surface area contributed by atoms with Gasteiger partial charge < -0.3 is 10.5 Å². The van der Waals surface area contributed by atoms with E-state index in [1.807, 2.05) is 0 Å². The van der Waals surface area contributed by atoms with Gasteiger partial charge in [0.15, 0.2) is 11.6 Å². The zero-order valence-corrected chi connectivity index (χ0v) is 12.1. The molecule has 1 fully saturated rings. The van der Waals surface area contributed by atoms with Crippen molar-refractivity contribution < 1.29 is 27.3 Å². The fourth-order valence-corrected chi connectivity index (χ4v) is 4.12. The van der Waals surface area contributed by atoms with Crippen LogP contribution in [0.5, 0.6) is 0 Å². The van der Waals surface area contributed by atoms with Crippen molar-refractivity contribution in [1.29, 1.82) is 0 Å². The number of nitrogens with two attached hydrogens (primary N) is 2. The Morgan fingerprint density at radius 1 is 1.32 bits per heavy atom. The lowest BCUT2D eigenvalue weighted by Gasteiger charge is -2.33. The highest BCUT2D eigenvalue weighted by molar-refractivity contribution is 8.13. The Hall–Kier alpha value is -1.48. The molecule has 22 heavy (non-hydrogen) atoms. The van der Waals surface area contributed by atoms with E-state index in [-0.39, 0.29) is 28.8 Å². The molecule has 1 aromatic rings. The summed E-state index contributed by atoms with van der Waals surface area (Å²) in [5, 5.41) is 0.240. The van der Waals surface area contributed by atoms with Gasteiger partial charge in [-0.05, 0) is 30.0 Å². The molecular weight excluding hydrogens is 322 g/mol. The molecule has 0 spiro atoms. The van der Waals surface area contributed by atoms with Crippen molar-refractivity contribution in [3.63, 3.8) is 0 Å². The Morgan fingerprint density at radius 2 is 2.05 bits per heavy atom. The Morgan fingerprint density at radius 3 is 2.73 bits per heavy atom. The molecule has 3 unspecified atom stereocenters. The molecule has 2 aliphatic heterocycles. The molecule has 2 heterocycles. The standard InChI is InChI=1S/C13H13F4N3OS/c14-9-2-1-6(18)3-7(9)12-5-21-10(13(15,16)17)8(12)4-22-11(19)20-12/h1-3,8,10H,4-5,18H2,(H2,19,20)/p+1. The molecule has 0 radical (unpaired) electrons. The molecule has 9 heteroatoms. The monoisotopic (exact) mass is 336 g/mol. The number of anilines is 1. The third-order valence-corrected chi connectivity index (χ3v) is 4.99. The third-order valence-electron chi connectivity index (χ3n) is 4.05. The Kier molecular flexibility index (Phi) is 3.52. The van der Waals surface area contributed by atoms with Crippen LogP contribution in [0.4, 0.5) is 23.2 Å². The van der Waals surface area contributed by atoms with E-state index in [9.17, 15) is 17.6 Å². The quantitative estimate of drug-likeness (QED) is 0.510. The van der Waals surface area contributed by atoms with Crippen LogP contribution >= 0.6 is 11.8 Å². The van der Waals surface area contributed by atoms with E-state index in [1.54, 1.807) is 0 Å². The van der Waals surface area contributed by atoms with Crippen molar-refractivity contribution in [2.24, 2.45) is 11.7 Å². The average Bonchev–Trinajstić information content (AvgIpc) is 2.80. The first-order valence-corrected chi connectivity index (χ1v) is 7.50. The summed E-state index contributed by atoms with van der Waals surface area (Å²) in [6.45, 7) is -0.330. The van der Waals surface area contributed by atoms with E-state index in [4.69, 9.17) is 16.2 Å². The van der Waals surface area contributed by atoms with Crippen LogP contribution < -0.4 is 16.5 Å². The fraction of sp³-hybridized carbons (Fsp3) is 0.462. The molecule has 3 rings (SSSR count). The SMILES string of the molecule is NC1=[NH+]C2(c3cc(N)ccc3F)COC(C(F)(F)F)C2CS1. The number of thioether (sulfide) groups is 1. The highest BCUT2D eigenvalue weighted by atomic mass is 32.2. The van der Waals surface area contributed by atoms with E-state index in [2.05, 4.69) is 4.99 Å². The highest BCUT2D eigenvalue weighted by Gasteiger charge is 2.63. The molecule has 4 nitrogen and oxygen atoms in total. The zero-order valence-electron chi connectivity index (χ0n) is 11.3. The first kappa shape index (κ1) is 15.4. The number of nitrogen functional groups attached to an aromatic ring is 1. The lowest BCUT2D eigenvalue weighted by Crippen LogP contribution is -2.91. The third kappa shape index (κ3) is 2.32. The summed E-state index contributed by atoms with van der Waals surface area (Å²) in [5.41, 5.74) is 10.3. The number of amidine groups is 1. The zero-order chi connectivity index (χ0) is 16.1. The molecule has 5 N–H and O–H groups in total. The minimum atomic E-state index is -4.53. The van der Waals surface area contributed by atoms with Crippen molar-refractivity contribution in [3.05, 3.63) is 29.6 Å². The van der Waals surface area contributed by atoms with E-state index in [0.717, 1.165) is 17.8 Å². The highest BCUT2D eigenvalue weighted by Crippen LogP contribution is 2.46. The molecular formula is C13H14F4N3OS+. The molecule has 0 bridgehead atoms. The van der Waals surface area contributed by atoms with Crippen molar-refractivity contribution >= 4 is 22.6 Å². The lowest BCUT2D eigenvalue weighted by molar-refractivity contribution is -0.571. The summed E-state index contributed by atoms with van der Waals surface area (Å²) >= 11 is 1.07. The number of benzene rings is 1. The number of nitrogens with one attached hydrogen (secondary N) is 1. The van der Waals surface area contributed by atoms with Gasteiger partial charge in [0, 0.05) is 17.0 Å². The van der Waals surface area contributed by atoms with Gasteiger partial charge in [-0.25, -0.2) is 4.39 Å². The molecule has 120 valence electrons. The second-order valence-corrected chi connectivity index (χ2v) is 6.45. The Labute approximate surface area is 127 Å². The van der Waals surface area contributed by atoms with Crippen LogP contribution in [-0.4, -0.2) is 29.8 Å². The van der Waals surface area contributed by atoms with Gasteiger partial charge >= 0.3 is 11.3 Å². The van der Waals surface area contributed by atoms with Crippen molar-refractivity contribution in [2.45, 2.75) is 17.8 Å². The smallest absolute Gasteiger partial charge is 0.399 e. The molecule has 1 saturated heterocycles. The maximum Gasteiger partial charge on any atom is 0.415 e. The van der Waals surface area contributed by atoms with Crippen LogP contribution in [0.1, 0.15) is 5.56 Å². The van der Waals surface area contributed by atoms with E-state index >= 15 is 0 Å². The summed E-state index contributed by atoms with van der Waals surface area (Å²) in [6, 6.07) is 3.82. The molecule has 0 aromatic heterocycles.